The highest BCUT2D eigenvalue weighted by Crippen LogP contribution is 2.26. The van der Waals surface area contributed by atoms with E-state index < -0.39 is 5.82 Å². The molecule has 0 spiro atoms. The van der Waals surface area contributed by atoms with Crippen LogP contribution in [0.5, 0.6) is 5.75 Å². The third-order valence-electron chi connectivity index (χ3n) is 4.10. The lowest BCUT2D eigenvalue weighted by Crippen LogP contribution is -2.26. The van der Waals surface area contributed by atoms with Gasteiger partial charge < -0.3 is 18.6 Å². The minimum atomic E-state index is -0.461. The molecule has 0 saturated carbocycles. The normalized spacial score (nSPS) is 11.0. The van der Waals surface area contributed by atoms with Gasteiger partial charge in [-0.05, 0) is 30.3 Å². The second kappa shape index (κ2) is 7.92. The molecule has 2 aromatic carbocycles. The number of aromatic nitrogens is 2. The first-order valence-electron chi connectivity index (χ1n) is 8.63. The molecule has 0 saturated heterocycles. The zero-order valence-corrected chi connectivity index (χ0v) is 16.0. The highest BCUT2D eigenvalue weighted by Gasteiger charge is 2.19. The van der Waals surface area contributed by atoms with Crippen molar-refractivity contribution >= 4 is 28.6 Å². The lowest BCUT2D eigenvalue weighted by atomic mass is 10.3. The minimum absolute atomic E-state index is 0.0134. The highest BCUT2D eigenvalue weighted by molar-refractivity contribution is 6.32. The van der Waals surface area contributed by atoms with Crippen molar-refractivity contribution in [2.45, 2.75) is 13.2 Å². The average Bonchev–Trinajstić information content (AvgIpc) is 3.33. The first-order valence-corrected chi connectivity index (χ1v) is 9.01. The number of rotatable bonds is 6. The molecule has 29 heavy (non-hydrogen) atoms. The molecule has 0 radical (unpaired) electrons. The van der Waals surface area contributed by atoms with Crippen LogP contribution in [0.25, 0.3) is 11.1 Å². The predicted molar refractivity (Wildman–Crippen MR) is 102 cm³/mol. The second-order valence-corrected chi connectivity index (χ2v) is 6.69. The van der Waals surface area contributed by atoms with Gasteiger partial charge in [0, 0.05) is 13.1 Å². The molecular weight excluding hydrogens is 401 g/mol. The van der Waals surface area contributed by atoms with Gasteiger partial charge in [0.2, 0.25) is 5.89 Å². The fourth-order valence-corrected chi connectivity index (χ4v) is 2.90. The molecule has 9 heteroatoms. The van der Waals surface area contributed by atoms with Crippen LogP contribution in [0.4, 0.5) is 4.39 Å². The van der Waals surface area contributed by atoms with E-state index in [0.29, 0.717) is 23.0 Å². The molecule has 0 aliphatic rings. The van der Waals surface area contributed by atoms with E-state index in [1.165, 1.54) is 23.1 Å². The lowest BCUT2D eigenvalue weighted by molar-refractivity contribution is 0.0763. The molecule has 2 aromatic heterocycles. The Kier molecular flexibility index (Phi) is 5.18. The number of benzene rings is 2. The Bertz CT molecular complexity index is 1140. The van der Waals surface area contributed by atoms with Crippen LogP contribution in [0.15, 0.2) is 57.5 Å². The Balaban J connectivity index is 1.39. The van der Waals surface area contributed by atoms with Crippen LogP contribution in [-0.4, -0.2) is 28.0 Å². The Morgan fingerprint density at radius 2 is 2.07 bits per heavy atom. The van der Waals surface area contributed by atoms with Gasteiger partial charge in [-0.1, -0.05) is 28.9 Å². The topological polar surface area (TPSA) is 81.6 Å². The van der Waals surface area contributed by atoms with E-state index >= 15 is 0 Å². The second-order valence-electron chi connectivity index (χ2n) is 6.28. The standard InChI is InChI=1S/C20H15ClFN3O4/c1-25(10-19-23-15-4-2-3-5-18(15)28-19)20(26)16-9-13(29-24-16)11-27-17-7-6-12(22)8-14(17)21/h2-9H,10-11H2,1H3. The van der Waals surface area contributed by atoms with Gasteiger partial charge in [0.15, 0.2) is 17.0 Å². The number of carbonyl (C=O) groups is 1. The largest absolute Gasteiger partial charge is 0.484 e. The van der Waals surface area contributed by atoms with Gasteiger partial charge in [-0.25, -0.2) is 9.37 Å². The Hall–Kier alpha value is -3.39. The van der Waals surface area contributed by atoms with Crippen molar-refractivity contribution in [3.05, 3.63) is 76.7 Å². The number of nitrogens with zero attached hydrogens (tertiary/aromatic N) is 3. The van der Waals surface area contributed by atoms with Gasteiger partial charge in [0.25, 0.3) is 5.91 Å². The first-order chi connectivity index (χ1) is 14.0. The van der Waals surface area contributed by atoms with Crippen LogP contribution in [0.2, 0.25) is 5.02 Å². The van der Waals surface area contributed by atoms with Crippen molar-refractivity contribution in [2.24, 2.45) is 0 Å². The van der Waals surface area contributed by atoms with Gasteiger partial charge in [-0.15, -0.1) is 0 Å². The van der Waals surface area contributed by atoms with Crippen LogP contribution in [-0.2, 0) is 13.2 Å². The van der Waals surface area contributed by atoms with Gasteiger partial charge in [-0.2, -0.15) is 0 Å². The number of hydrogen-bond acceptors (Lipinski definition) is 6. The number of ether oxygens (including phenoxy) is 1. The summed E-state index contributed by atoms with van der Waals surface area (Å²) in [6, 6.07) is 12.6. The zero-order chi connectivity index (χ0) is 20.4. The monoisotopic (exact) mass is 415 g/mol. The van der Waals surface area contributed by atoms with Crippen LogP contribution >= 0.6 is 11.6 Å². The fraction of sp³-hybridized carbons (Fsp3) is 0.150. The smallest absolute Gasteiger partial charge is 0.276 e. The van der Waals surface area contributed by atoms with Crippen LogP contribution in [0, 0.1) is 5.82 Å². The van der Waals surface area contributed by atoms with Crippen molar-refractivity contribution in [1.82, 2.24) is 15.0 Å². The third-order valence-corrected chi connectivity index (χ3v) is 4.39. The van der Waals surface area contributed by atoms with E-state index in [4.69, 9.17) is 25.3 Å². The Labute approximate surface area is 169 Å². The van der Waals surface area contributed by atoms with Crippen LogP contribution in [0.3, 0.4) is 0 Å². The predicted octanol–water partition coefficient (Wildman–Crippen LogP) is 4.46. The van der Waals surface area contributed by atoms with Crippen LogP contribution in [0.1, 0.15) is 22.1 Å². The summed E-state index contributed by atoms with van der Waals surface area (Å²) in [7, 11) is 1.61. The summed E-state index contributed by atoms with van der Waals surface area (Å²) < 4.78 is 29.3. The minimum Gasteiger partial charge on any atom is -0.484 e. The van der Waals surface area contributed by atoms with Crippen LogP contribution < -0.4 is 4.74 Å². The molecule has 1 amide bonds. The summed E-state index contributed by atoms with van der Waals surface area (Å²) in [5.41, 5.74) is 1.50. The maximum atomic E-state index is 13.1. The number of amides is 1. The van der Waals surface area contributed by atoms with Gasteiger partial charge in [-0.3, -0.25) is 4.79 Å². The zero-order valence-electron chi connectivity index (χ0n) is 15.3. The number of halogens is 2. The van der Waals surface area contributed by atoms with E-state index in [-0.39, 0.29) is 29.8 Å². The fourth-order valence-electron chi connectivity index (χ4n) is 2.68. The van der Waals surface area contributed by atoms with Crippen molar-refractivity contribution in [3.63, 3.8) is 0 Å². The number of fused-ring (bicyclic) bond motifs is 1. The number of para-hydroxylation sites is 2. The molecule has 0 aliphatic heterocycles. The molecular formula is C20H15ClFN3O4. The highest BCUT2D eigenvalue weighted by atomic mass is 35.5. The molecule has 0 bridgehead atoms. The van der Waals surface area contributed by atoms with Crippen molar-refractivity contribution in [3.8, 4) is 5.75 Å². The summed E-state index contributed by atoms with van der Waals surface area (Å²) in [6.45, 7) is 0.165. The van der Waals surface area contributed by atoms with E-state index in [1.807, 2.05) is 24.3 Å². The molecule has 0 unspecified atom stereocenters. The van der Waals surface area contributed by atoms with Crippen molar-refractivity contribution in [2.75, 3.05) is 7.05 Å². The van der Waals surface area contributed by atoms with E-state index in [1.54, 1.807) is 7.05 Å². The molecule has 0 N–H and O–H groups in total. The maximum absolute atomic E-state index is 13.1. The third kappa shape index (κ3) is 4.22. The molecule has 4 aromatic rings. The summed E-state index contributed by atoms with van der Waals surface area (Å²) in [5.74, 6) is 0.216. The Morgan fingerprint density at radius 1 is 1.24 bits per heavy atom. The molecule has 2 heterocycles. The summed E-state index contributed by atoms with van der Waals surface area (Å²) in [4.78, 5) is 18.3. The molecule has 148 valence electrons. The van der Waals surface area contributed by atoms with E-state index in [0.717, 1.165) is 11.6 Å². The van der Waals surface area contributed by atoms with Gasteiger partial charge in [0.05, 0.1) is 11.6 Å². The SMILES string of the molecule is CN(Cc1nc2ccccc2o1)C(=O)c1cc(COc2ccc(F)cc2Cl)on1. The average molecular weight is 416 g/mol. The van der Waals surface area contributed by atoms with Gasteiger partial charge >= 0.3 is 0 Å². The number of carbonyl (C=O) groups excluding carboxylic acids is 1. The summed E-state index contributed by atoms with van der Waals surface area (Å²) in [5, 5.41) is 3.92. The Morgan fingerprint density at radius 3 is 2.86 bits per heavy atom. The quantitative estimate of drug-likeness (QED) is 0.462. The summed E-state index contributed by atoms with van der Waals surface area (Å²) >= 11 is 5.91. The molecule has 4 rings (SSSR count). The maximum Gasteiger partial charge on any atom is 0.276 e. The summed E-state index contributed by atoms with van der Waals surface area (Å²) in [6.07, 6.45) is 0. The first kappa shape index (κ1) is 18.9. The molecule has 0 atom stereocenters. The van der Waals surface area contributed by atoms with E-state index in [2.05, 4.69) is 10.1 Å². The molecule has 0 aliphatic carbocycles. The lowest BCUT2D eigenvalue weighted by Gasteiger charge is -2.12. The number of oxazole rings is 1. The molecule has 0 fully saturated rings. The van der Waals surface area contributed by atoms with E-state index in [9.17, 15) is 9.18 Å². The van der Waals surface area contributed by atoms with Crippen molar-refractivity contribution in [1.29, 1.82) is 0 Å². The van der Waals surface area contributed by atoms with Gasteiger partial charge in [0.1, 0.15) is 23.7 Å². The van der Waals surface area contributed by atoms with Crippen molar-refractivity contribution < 1.29 is 22.9 Å². The number of hydrogen-bond donors (Lipinski definition) is 0. The molecule has 7 nitrogen and oxygen atoms in total.